The summed E-state index contributed by atoms with van der Waals surface area (Å²) in [6, 6.07) is -0.734. The Morgan fingerprint density at radius 2 is 0.873 bits per heavy atom. The number of nitrogens with one attached hydrogen (secondary N) is 1. The fourth-order valence-corrected chi connectivity index (χ4v) is 7.62. The minimum absolute atomic E-state index is 0.0144. The molecule has 0 aliphatic heterocycles. The van der Waals surface area contributed by atoms with Gasteiger partial charge in [-0.3, -0.25) is 9.59 Å². The van der Waals surface area contributed by atoms with Crippen molar-refractivity contribution in [1.82, 2.24) is 5.32 Å². The summed E-state index contributed by atoms with van der Waals surface area (Å²) in [4.78, 5) is 26.1. The zero-order chi connectivity index (χ0) is 45.9. The largest absolute Gasteiger partial charge is 0.462 e. The summed E-state index contributed by atoms with van der Waals surface area (Å²) < 4.78 is 5.88. The van der Waals surface area contributed by atoms with Crippen LogP contribution in [0.4, 0.5) is 0 Å². The van der Waals surface area contributed by atoms with Crippen molar-refractivity contribution in [3.8, 4) is 0 Å². The van der Waals surface area contributed by atoms with Crippen molar-refractivity contribution in [2.45, 2.75) is 257 Å². The van der Waals surface area contributed by atoms with Crippen molar-refractivity contribution in [2.75, 3.05) is 6.61 Å². The lowest BCUT2D eigenvalue weighted by Gasteiger charge is -2.24. The molecule has 3 N–H and O–H groups in total. The molecule has 362 valence electrons. The molecular weight excluding hydrogens is 779 g/mol. The Bertz CT molecular complexity index is 1210. The van der Waals surface area contributed by atoms with E-state index in [4.69, 9.17) is 4.74 Å². The maximum absolute atomic E-state index is 13.2. The molecule has 0 heterocycles. The Morgan fingerprint density at radius 3 is 1.35 bits per heavy atom. The molecule has 0 saturated carbocycles. The van der Waals surface area contributed by atoms with Gasteiger partial charge >= 0.3 is 5.97 Å². The number of aliphatic hydroxyl groups is 2. The van der Waals surface area contributed by atoms with Crippen LogP contribution in [0.15, 0.2) is 85.1 Å². The van der Waals surface area contributed by atoms with Crippen LogP contribution in [0.25, 0.3) is 0 Å². The van der Waals surface area contributed by atoms with Crippen LogP contribution in [0, 0.1) is 0 Å². The predicted octanol–water partition coefficient (Wildman–Crippen LogP) is 16.0. The topological polar surface area (TPSA) is 95.9 Å². The number of amides is 1. The maximum Gasteiger partial charge on any atom is 0.306 e. The van der Waals surface area contributed by atoms with E-state index in [0.29, 0.717) is 19.3 Å². The lowest BCUT2D eigenvalue weighted by Crippen LogP contribution is -2.46. The molecule has 1 amide bonds. The van der Waals surface area contributed by atoms with Crippen LogP contribution >= 0.6 is 0 Å². The Labute approximate surface area is 389 Å². The maximum atomic E-state index is 13.2. The summed E-state index contributed by atoms with van der Waals surface area (Å²) in [6.07, 6.45) is 65.1. The van der Waals surface area contributed by atoms with Gasteiger partial charge in [-0.15, -0.1) is 0 Å². The molecule has 3 atom stereocenters. The number of esters is 1. The molecule has 0 radical (unpaired) electrons. The third-order valence-electron chi connectivity index (χ3n) is 11.6. The molecule has 63 heavy (non-hydrogen) atoms. The molecule has 0 aliphatic rings. The molecular formula is C57H99NO5. The van der Waals surface area contributed by atoms with E-state index in [1.54, 1.807) is 0 Å². The normalized spacial score (nSPS) is 13.9. The molecule has 0 aromatic heterocycles. The first-order valence-corrected chi connectivity index (χ1v) is 26.4. The standard InChI is InChI=1S/C57H99NO5/c1-4-7-10-13-16-19-22-25-27-29-32-35-38-41-44-47-50-57(62)63-53(48-45-42-39-36-33-30-24-21-18-15-12-9-6-3)51-56(61)58-54(52-59)55(60)49-46-43-40-37-34-31-28-26-23-20-17-14-11-8-5-2/h9,12,15,18,21,24,27,29-30,32-33,35-36,39,53-55,59-60H,4-8,10-11,13-14,16-17,19-20,22-23,25-26,28,31,34,37-38,40-52H2,1-3H3,(H,58,61)/b12-9+,18-15+,24-21-,29-27+,33-30-,35-32+,39-36+. The van der Waals surface area contributed by atoms with Crippen LogP contribution in [-0.2, 0) is 14.3 Å². The number of rotatable bonds is 46. The summed E-state index contributed by atoms with van der Waals surface area (Å²) in [5.41, 5.74) is 0. The summed E-state index contributed by atoms with van der Waals surface area (Å²) in [6.45, 7) is 6.31. The van der Waals surface area contributed by atoms with Gasteiger partial charge in [-0.2, -0.15) is 0 Å². The van der Waals surface area contributed by atoms with E-state index < -0.39 is 18.2 Å². The van der Waals surface area contributed by atoms with Gasteiger partial charge in [0.25, 0.3) is 0 Å². The summed E-state index contributed by atoms with van der Waals surface area (Å²) >= 11 is 0. The lowest BCUT2D eigenvalue weighted by molar-refractivity contribution is -0.151. The quantitative estimate of drug-likeness (QED) is 0.0322. The molecule has 0 aliphatic carbocycles. The van der Waals surface area contributed by atoms with Gasteiger partial charge in [0.15, 0.2) is 0 Å². The van der Waals surface area contributed by atoms with Gasteiger partial charge in [0.05, 0.1) is 25.2 Å². The van der Waals surface area contributed by atoms with Crippen LogP contribution in [0.5, 0.6) is 0 Å². The van der Waals surface area contributed by atoms with E-state index in [-0.39, 0.29) is 24.9 Å². The van der Waals surface area contributed by atoms with Gasteiger partial charge in [0.1, 0.15) is 6.10 Å². The first kappa shape index (κ1) is 60.0. The van der Waals surface area contributed by atoms with E-state index in [2.05, 4.69) is 62.5 Å². The van der Waals surface area contributed by atoms with Gasteiger partial charge < -0.3 is 20.3 Å². The number of allylic oxidation sites excluding steroid dienone is 14. The highest BCUT2D eigenvalue weighted by Crippen LogP contribution is 2.17. The van der Waals surface area contributed by atoms with Crippen molar-refractivity contribution in [3.63, 3.8) is 0 Å². The molecule has 0 saturated heterocycles. The first-order chi connectivity index (χ1) is 31.0. The highest BCUT2D eigenvalue weighted by molar-refractivity contribution is 5.77. The first-order valence-electron chi connectivity index (χ1n) is 26.4. The number of carbonyl (C=O) groups is 2. The fraction of sp³-hybridized carbons (Fsp3) is 0.719. The molecule has 0 bridgehead atoms. The Hall–Kier alpha value is -2.96. The van der Waals surface area contributed by atoms with E-state index in [1.807, 2.05) is 48.6 Å². The van der Waals surface area contributed by atoms with Crippen LogP contribution in [0.3, 0.4) is 0 Å². The number of aliphatic hydroxyl groups excluding tert-OH is 2. The predicted molar refractivity (Wildman–Crippen MR) is 273 cm³/mol. The Balaban J connectivity index is 4.69. The van der Waals surface area contributed by atoms with Crippen molar-refractivity contribution in [3.05, 3.63) is 85.1 Å². The molecule has 0 fully saturated rings. The molecule has 6 heteroatoms. The van der Waals surface area contributed by atoms with Crippen LogP contribution in [0.2, 0.25) is 0 Å². The molecule has 0 aromatic carbocycles. The SMILES string of the molecule is CC/C=C/C=C/C=C\C=C/C=C/CCCC(CC(=O)NC(CO)C(O)CCCCCCCCCCCCCCCCC)OC(=O)CCCCC/C=C/C=C/CCCCCCCCC. The summed E-state index contributed by atoms with van der Waals surface area (Å²) in [7, 11) is 0. The van der Waals surface area contributed by atoms with Crippen molar-refractivity contribution in [2.24, 2.45) is 0 Å². The smallest absolute Gasteiger partial charge is 0.306 e. The minimum atomic E-state index is -0.815. The second kappa shape index (κ2) is 50.0. The molecule has 0 spiro atoms. The van der Waals surface area contributed by atoms with Crippen LogP contribution < -0.4 is 5.32 Å². The third-order valence-corrected chi connectivity index (χ3v) is 11.6. The van der Waals surface area contributed by atoms with E-state index in [1.165, 1.54) is 122 Å². The lowest BCUT2D eigenvalue weighted by atomic mass is 10.0. The third kappa shape index (κ3) is 45.4. The van der Waals surface area contributed by atoms with E-state index in [0.717, 1.165) is 70.6 Å². The zero-order valence-electron chi connectivity index (χ0n) is 41.2. The Morgan fingerprint density at radius 1 is 0.476 bits per heavy atom. The Kier molecular flexibility index (Phi) is 47.7. The summed E-state index contributed by atoms with van der Waals surface area (Å²) in [5, 5.41) is 23.8. The second-order valence-corrected chi connectivity index (χ2v) is 17.7. The fourth-order valence-electron chi connectivity index (χ4n) is 7.62. The second-order valence-electron chi connectivity index (χ2n) is 17.7. The summed E-state index contributed by atoms with van der Waals surface area (Å²) in [5.74, 6) is -0.580. The van der Waals surface area contributed by atoms with Gasteiger partial charge in [0.2, 0.25) is 5.91 Å². The molecule has 0 rings (SSSR count). The number of unbranched alkanes of at least 4 members (excludes halogenated alkanes) is 25. The van der Waals surface area contributed by atoms with Crippen LogP contribution in [-0.4, -0.2) is 46.9 Å². The number of hydrogen-bond donors (Lipinski definition) is 3. The number of hydrogen-bond acceptors (Lipinski definition) is 5. The van der Waals surface area contributed by atoms with E-state index in [9.17, 15) is 19.8 Å². The van der Waals surface area contributed by atoms with Gasteiger partial charge in [-0.05, 0) is 64.2 Å². The van der Waals surface area contributed by atoms with Crippen molar-refractivity contribution in [1.29, 1.82) is 0 Å². The number of ether oxygens (including phenoxy) is 1. The van der Waals surface area contributed by atoms with Gasteiger partial charge in [-0.1, -0.05) is 247 Å². The monoisotopic (exact) mass is 878 g/mol. The van der Waals surface area contributed by atoms with Gasteiger partial charge in [0, 0.05) is 6.42 Å². The van der Waals surface area contributed by atoms with Crippen molar-refractivity contribution >= 4 is 11.9 Å². The molecule has 3 unspecified atom stereocenters. The average Bonchev–Trinajstić information content (AvgIpc) is 3.28. The molecule has 6 nitrogen and oxygen atoms in total. The zero-order valence-corrected chi connectivity index (χ0v) is 41.2. The van der Waals surface area contributed by atoms with Crippen molar-refractivity contribution < 1.29 is 24.5 Å². The minimum Gasteiger partial charge on any atom is -0.462 e. The highest BCUT2D eigenvalue weighted by Gasteiger charge is 2.24. The molecule has 0 aromatic rings. The van der Waals surface area contributed by atoms with Crippen LogP contribution in [0.1, 0.15) is 239 Å². The highest BCUT2D eigenvalue weighted by atomic mass is 16.5. The number of carbonyl (C=O) groups excluding carboxylic acids is 2. The van der Waals surface area contributed by atoms with Gasteiger partial charge in [-0.25, -0.2) is 0 Å². The van der Waals surface area contributed by atoms with E-state index >= 15 is 0 Å². The average molecular weight is 878 g/mol.